The lowest BCUT2D eigenvalue weighted by molar-refractivity contribution is 0.414. The lowest BCUT2D eigenvalue weighted by Crippen LogP contribution is -2.20. The maximum absolute atomic E-state index is 5.32. The number of hydrogen-bond donors (Lipinski definition) is 1. The van der Waals surface area contributed by atoms with Crippen LogP contribution in [0.25, 0.3) is 0 Å². The van der Waals surface area contributed by atoms with Gasteiger partial charge in [-0.15, -0.1) is 0 Å². The summed E-state index contributed by atoms with van der Waals surface area (Å²) in [6.07, 6.45) is 0.900. The van der Waals surface area contributed by atoms with Gasteiger partial charge in [0.15, 0.2) is 0 Å². The normalized spacial score (nSPS) is 12.2. The molecule has 0 aliphatic rings. The lowest BCUT2D eigenvalue weighted by atomic mass is 9.95. The molecule has 21 heavy (non-hydrogen) atoms. The van der Waals surface area contributed by atoms with E-state index in [2.05, 4.69) is 68.4 Å². The smallest absolute Gasteiger partial charge is 0.119 e. The molecule has 0 heterocycles. The molecular formula is C17H19Br2NO. The maximum Gasteiger partial charge on any atom is 0.119 e. The Bertz CT molecular complexity index is 628. The first-order valence-electron chi connectivity index (χ1n) is 6.81. The molecule has 4 heteroatoms. The molecule has 1 atom stereocenters. The van der Waals surface area contributed by atoms with Crippen LogP contribution in [0.15, 0.2) is 45.3 Å². The van der Waals surface area contributed by atoms with Gasteiger partial charge in [-0.2, -0.15) is 0 Å². The third-order valence-corrected chi connectivity index (χ3v) is 4.90. The molecule has 0 saturated carbocycles. The first-order chi connectivity index (χ1) is 10.0. The van der Waals surface area contributed by atoms with Crippen LogP contribution in [0.3, 0.4) is 0 Å². The van der Waals surface area contributed by atoms with Crippen molar-refractivity contribution in [2.45, 2.75) is 19.4 Å². The summed E-state index contributed by atoms with van der Waals surface area (Å²) in [6, 6.07) is 12.8. The molecule has 0 fully saturated rings. The van der Waals surface area contributed by atoms with E-state index in [1.165, 1.54) is 16.7 Å². The van der Waals surface area contributed by atoms with Crippen molar-refractivity contribution in [2.75, 3.05) is 14.2 Å². The summed E-state index contributed by atoms with van der Waals surface area (Å²) in [5.41, 5.74) is 3.83. The number of benzene rings is 2. The summed E-state index contributed by atoms with van der Waals surface area (Å²) in [4.78, 5) is 0. The highest BCUT2D eigenvalue weighted by atomic mass is 79.9. The van der Waals surface area contributed by atoms with Crippen molar-refractivity contribution in [3.63, 3.8) is 0 Å². The summed E-state index contributed by atoms with van der Waals surface area (Å²) in [5.74, 6) is 0.885. The average Bonchev–Trinajstić information content (AvgIpc) is 2.47. The Kier molecular flexibility index (Phi) is 5.85. The first kappa shape index (κ1) is 16.5. The van der Waals surface area contributed by atoms with Crippen LogP contribution >= 0.6 is 31.9 Å². The molecule has 0 radical (unpaired) electrons. The third kappa shape index (κ3) is 4.09. The standard InChI is InChI=1S/C17H19Br2NO/c1-11-8-13(18)4-6-15(11)17(20-2)10-12-9-14(21-3)5-7-16(12)19/h4-9,17,20H,10H2,1-3H3. The fourth-order valence-electron chi connectivity index (χ4n) is 2.45. The second kappa shape index (κ2) is 7.43. The van der Waals surface area contributed by atoms with Crippen LogP contribution in [0.4, 0.5) is 0 Å². The highest BCUT2D eigenvalue weighted by Gasteiger charge is 2.15. The zero-order valence-corrected chi connectivity index (χ0v) is 15.6. The topological polar surface area (TPSA) is 21.3 Å². The van der Waals surface area contributed by atoms with Crippen LogP contribution in [-0.4, -0.2) is 14.2 Å². The summed E-state index contributed by atoms with van der Waals surface area (Å²) in [5, 5.41) is 3.41. The number of halogens is 2. The second-order valence-corrected chi connectivity index (χ2v) is 6.77. The van der Waals surface area contributed by atoms with Crippen LogP contribution in [0, 0.1) is 6.92 Å². The van der Waals surface area contributed by atoms with E-state index in [1.54, 1.807) is 7.11 Å². The van der Waals surface area contributed by atoms with Crippen molar-refractivity contribution in [3.05, 3.63) is 62.0 Å². The van der Waals surface area contributed by atoms with E-state index in [0.29, 0.717) is 0 Å². The van der Waals surface area contributed by atoms with Gasteiger partial charge in [0.05, 0.1) is 7.11 Å². The van der Waals surface area contributed by atoms with Gasteiger partial charge in [-0.05, 0) is 67.4 Å². The highest BCUT2D eigenvalue weighted by Crippen LogP contribution is 2.29. The van der Waals surface area contributed by atoms with Gasteiger partial charge in [0.1, 0.15) is 5.75 Å². The summed E-state index contributed by atoms with van der Waals surface area (Å²) >= 11 is 7.15. The Morgan fingerprint density at radius 3 is 2.52 bits per heavy atom. The molecule has 2 aromatic rings. The molecule has 1 unspecified atom stereocenters. The minimum Gasteiger partial charge on any atom is -0.497 e. The lowest BCUT2D eigenvalue weighted by Gasteiger charge is -2.20. The minimum absolute atomic E-state index is 0.265. The van der Waals surface area contributed by atoms with E-state index in [1.807, 2.05) is 19.2 Å². The molecule has 112 valence electrons. The van der Waals surface area contributed by atoms with Crippen molar-refractivity contribution in [3.8, 4) is 5.75 Å². The Balaban J connectivity index is 2.30. The zero-order chi connectivity index (χ0) is 15.4. The van der Waals surface area contributed by atoms with Crippen molar-refractivity contribution in [2.24, 2.45) is 0 Å². The van der Waals surface area contributed by atoms with Gasteiger partial charge in [0.25, 0.3) is 0 Å². The van der Waals surface area contributed by atoms with Crippen LogP contribution < -0.4 is 10.1 Å². The number of methoxy groups -OCH3 is 1. The second-order valence-electron chi connectivity index (χ2n) is 5.00. The predicted octanol–water partition coefficient (Wildman–Crippen LogP) is 5.03. The van der Waals surface area contributed by atoms with Gasteiger partial charge in [-0.3, -0.25) is 0 Å². The predicted molar refractivity (Wildman–Crippen MR) is 95.1 cm³/mol. The quantitative estimate of drug-likeness (QED) is 0.743. The molecule has 2 rings (SSSR count). The van der Waals surface area contributed by atoms with Crippen LogP contribution in [-0.2, 0) is 6.42 Å². The summed E-state index contributed by atoms with van der Waals surface area (Å²) < 4.78 is 7.54. The number of likely N-dealkylation sites (N-methyl/N-ethyl adjacent to an activating group) is 1. The van der Waals surface area contributed by atoms with Crippen molar-refractivity contribution in [1.82, 2.24) is 5.32 Å². The van der Waals surface area contributed by atoms with E-state index in [9.17, 15) is 0 Å². The zero-order valence-electron chi connectivity index (χ0n) is 12.4. The van der Waals surface area contributed by atoms with E-state index in [-0.39, 0.29) is 6.04 Å². The van der Waals surface area contributed by atoms with Gasteiger partial charge in [0, 0.05) is 15.0 Å². The SMILES string of the molecule is CNC(Cc1cc(OC)ccc1Br)c1ccc(Br)cc1C. The van der Waals surface area contributed by atoms with Gasteiger partial charge < -0.3 is 10.1 Å². The third-order valence-electron chi connectivity index (χ3n) is 3.63. The van der Waals surface area contributed by atoms with Crippen LogP contribution in [0.2, 0.25) is 0 Å². The van der Waals surface area contributed by atoms with Gasteiger partial charge in [0.2, 0.25) is 0 Å². The molecule has 0 bridgehead atoms. The monoisotopic (exact) mass is 411 g/mol. The Hall–Kier alpha value is -0.840. The minimum atomic E-state index is 0.265. The average molecular weight is 413 g/mol. The molecule has 0 aliphatic carbocycles. The van der Waals surface area contributed by atoms with Gasteiger partial charge in [-0.1, -0.05) is 37.9 Å². The fourth-order valence-corrected chi connectivity index (χ4v) is 3.34. The molecule has 0 amide bonds. The Morgan fingerprint density at radius 2 is 1.90 bits per heavy atom. The van der Waals surface area contributed by atoms with Gasteiger partial charge >= 0.3 is 0 Å². The maximum atomic E-state index is 5.32. The Morgan fingerprint density at radius 1 is 1.14 bits per heavy atom. The highest BCUT2D eigenvalue weighted by molar-refractivity contribution is 9.10. The number of nitrogens with one attached hydrogen (secondary N) is 1. The molecule has 0 aliphatic heterocycles. The number of hydrogen-bond acceptors (Lipinski definition) is 2. The van der Waals surface area contributed by atoms with E-state index >= 15 is 0 Å². The fraction of sp³-hybridized carbons (Fsp3) is 0.294. The summed E-state index contributed by atoms with van der Waals surface area (Å²) in [7, 11) is 3.70. The number of aryl methyl sites for hydroxylation is 1. The molecule has 2 aromatic carbocycles. The summed E-state index contributed by atoms with van der Waals surface area (Å²) in [6.45, 7) is 2.14. The molecule has 0 aromatic heterocycles. The van der Waals surface area contributed by atoms with E-state index in [0.717, 1.165) is 21.1 Å². The molecule has 2 nitrogen and oxygen atoms in total. The van der Waals surface area contributed by atoms with Crippen molar-refractivity contribution < 1.29 is 4.74 Å². The molecule has 0 spiro atoms. The van der Waals surface area contributed by atoms with Crippen LogP contribution in [0.5, 0.6) is 5.75 Å². The largest absolute Gasteiger partial charge is 0.497 e. The molecular weight excluding hydrogens is 394 g/mol. The Labute approximate surface area is 143 Å². The van der Waals surface area contributed by atoms with Gasteiger partial charge in [-0.25, -0.2) is 0 Å². The van der Waals surface area contributed by atoms with E-state index < -0.39 is 0 Å². The van der Waals surface area contributed by atoms with Crippen molar-refractivity contribution in [1.29, 1.82) is 0 Å². The molecule has 0 saturated heterocycles. The number of rotatable bonds is 5. The van der Waals surface area contributed by atoms with Crippen LogP contribution in [0.1, 0.15) is 22.7 Å². The van der Waals surface area contributed by atoms with E-state index in [4.69, 9.17) is 4.74 Å². The number of ether oxygens (including phenoxy) is 1. The first-order valence-corrected chi connectivity index (χ1v) is 8.39. The van der Waals surface area contributed by atoms with Crippen molar-refractivity contribution >= 4 is 31.9 Å². The molecule has 1 N–H and O–H groups in total.